The minimum absolute atomic E-state index is 0.332. The number of benzene rings is 3. The van der Waals surface area contributed by atoms with Crippen LogP contribution < -0.4 is 14.9 Å². The molecule has 4 rings (SSSR count). The van der Waals surface area contributed by atoms with Crippen molar-refractivity contribution in [2.75, 3.05) is 14.2 Å². The van der Waals surface area contributed by atoms with Gasteiger partial charge in [0.25, 0.3) is 5.91 Å². The molecule has 164 valence electrons. The van der Waals surface area contributed by atoms with E-state index >= 15 is 0 Å². The SMILES string of the molecule is COc1ccc(OC)c(-c2cc(C(=O)NN=CC=Cc3ccccc3)c3ccccc3n2)c1. The summed E-state index contributed by atoms with van der Waals surface area (Å²) in [6.07, 6.45) is 5.22. The van der Waals surface area contributed by atoms with Gasteiger partial charge < -0.3 is 9.47 Å². The second-order valence-corrected chi connectivity index (χ2v) is 7.13. The maximum Gasteiger partial charge on any atom is 0.272 e. The van der Waals surface area contributed by atoms with Crippen molar-refractivity contribution in [2.24, 2.45) is 5.10 Å². The molecular formula is C27H23N3O3. The number of nitrogens with one attached hydrogen (secondary N) is 1. The standard InChI is InChI=1S/C27H23N3O3/c1-32-20-14-15-26(33-2)23(17-20)25-18-22(21-12-6-7-13-24(21)29-25)27(31)30-28-16-8-11-19-9-4-3-5-10-19/h3-18H,1-2H3,(H,30,31). The third-order valence-electron chi connectivity index (χ3n) is 5.06. The van der Waals surface area contributed by atoms with Gasteiger partial charge in [0, 0.05) is 17.2 Å². The number of ether oxygens (including phenoxy) is 2. The van der Waals surface area contributed by atoms with Crippen LogP contribution in [0.5, 0.6) is 11.5 Å². The van der Waals surface area contributed by atoms with E-state index in [9.17, 15) is 4.79 Å². The first-order valence-corrected chi connectivity index (χ1v) is 10.4. The normalized spacial score (nSPS) is 11.2. The van der Waals surface area contributed by atoms with Crippen molar-refractivity contribution in [1.82, 2.24) is 10.4 Å². The molecule has 1 N–H and O–H groups in total. The lowest BCUT2D eigenvalue weighted by atomic mass is 10.0. The lowest BCUT2D eigenvalue weighted by Gasteiger charge is -2.13. The number of hydrazone groups is 1. The van der Waals surface area contributed by atoms with Crippen molar-refractivity contribution in [2.45, 2.75) is 0 Å². The van der Waals surface area contributed by atoms with Crippen LogP contribution in [-0.2, 0) is 0 Å². The van der Waals surface area contributed by atoms with Crippen molar-refractivity contribution >= 4 is 29.1 Å². The number of para-hydroxylation sites is 1. The average molecular weight is 437 g/mol. The summed E-state index contributed by atoms with van der Waals surface area (Å²) in [5.74, 6) is 0.969. The van der Waals surface area contributed by atoms with E-state index in [0.29, 0.717) is 28.3 Å². The Morgan fingerprint density at radius 3 is 2.52 bits per heavy atom. The van der Waals surface area contributed by atoms with Crippen LogP contribution in [0.25, 0.3) is 28.2 Å². The van der Waals surface area contributed by atoms with Crippen molar-refractivity contribution in [1.29, 1.82) is 0 Å². The Bertz CT molecular complexity index is 1330. The van der Waals surface area contributed by atoms with Crippen LogP contribution in [-0.4, -0.2) is 31.3 Å². The molecule has 1 heterocycles. The number of methoxy groups -OCH3 is 2. The van der Waals surface area contributed by atoms with E-state index in [-0.39, 0.29) is 5.91 Å². The fourth-order valence-electron chi connectivity index (χ4n) is 3.43. The topological polar surface area (TPSA) is 72.8 Å². The number of fused-ring (bicyclic) bond motifs is 1. The molecule has 6 nitrogen and oxygen atoms in total. The molecule has 0 aliphatic heterocycles. The highest BCUT2D eigenvalue weighted by atomic mass is 16.5. The van der Waals surface area contributed by atoms with E-state index in [1.54, 1.807) is 32.6 Å². The Kier molecular flexibility index (Phi) is 6.75. The van der Waals surface area contributed by atoms with Crippen molar-refractivity contribution in [3.63, 3.8) is 0 Å². The summed E-state index contributed by atoms with van der Waals surface area (Å²) in [6.45, 7) is 0. The predicted molar refractivity (Wildman–Crippen MR) is 132 cm³/mol. The Balaban J connectivity index is 1.65. The summed E-state index contributed by atoms with van der Waals surface area (Å²) >= 11 is 0. The van der Waals surface area contributed by atoms with Crippen LogP contribution in [0.4, 0.5) is 0 Å². The lowest BCUT2D eigenvalue weighted by Crippen LogP contribution is -2.18. The summed E-state index contributed by atoms with van der Waals surface area (Å²) < 4.78 is 10.9. The highest BCUT2D eigenvalue weighted by Crippen LogP contribution is 2.34. The molecule has 6 heteroatoms. The molecule has 0 aliphatic carbocycles. The highest BCUT2D eigenvalue weighted by molar-refractivity contribution is 6.07. The number of hydrogen-bond donors (Lipinski definition) is 1. The number of rotatable bonds is 7. The number of pyridine rings is 1. The number of hydrogen-bond acceptors (Lipinski definition) is 5. The Morgan fingerprint density at radius 2 is 1.73 bits per heavy atom. The van der Waals surface area contributed by atoms with Crippen LogP contribution in [0.15, 0.2) is 90.0 Å². The van der Waals surface area contributed by atoms with Crippen LogP contribution in [0.1, 0.15) is 15.9 Å². The van der Waals surface area contributed by atoms with Crippen LogP contribution >= 0.6 is 0 Å². The molecule has 3 aromatic carbocycles. The second kappa shape index (κ2) is 10.2. The fraction of sp³-hybridized carbons (Fsp3) is 0.0741. The molecule has 4 aromatic rings. The molecule has 0 radical (unpaired) electrons. The maximum atomic E-state index is 13.0. The summed E-state index contributed by atoms with van der Waals surface area (Å²) in [5.41, 5.74) is 6.13. The monoisotopic (exact) mass is 437 g/mol. The van der Waals surface area contributed by atoms with Gasteiger partial charge in [0.2, 0.25) is 0 Å². The second-order valence-electron chi connectivity index (χ2n) is 7.13. The first kappa shape index (κ1) is 21.8. The van der Waals surface area contributed by atoms with Crippen molar-refractivity contribution < 1.29 is 14.3 Å². The van der Waals surface area contributed by atoms with Gasteiger partial charge in [0.15, 0.2) is 0 Å². The first-order chi connectivity index (χ1) is 16.2. The maximum absolute atomic E-state index is 13.0. The third kappa shape index (κ3) is 5.07. The lowest BCUT2D eigenvalue weighted by molar-refractivity contribution is 0.0956. The van der Waals surface area contributed by atoms with Gasteiger partial charge in [-0.2, -0.15) is 5.10 Å². The number of aromatic nitrogens is 1. The van der Waals surface area contributed by atoms with Crippen LogP contribution in [0.3, 0.4) is 0 Å². The van der Waals surface area contributed by atoms with E-state index in [0.717, 1.165) is 16.5 Å². The molecule has 0 saturated heterocycles. The molecular weight excluding hydrogens is 414 g/mol. The first-order valence-electron chi connectivity index (χ1n) is 10.4. The largest absolute Gasteiger partial charge is 0.497 e. The molecule has 1 amide bonds. The van der Waals surface area contributed by atoms with E-state index in [1.807, 2.05) is 78.9 Å². The van der Waals surface area contributed by atoms with Gasteiger partial charge in [0.05, 0.1) is 31.0 Å². The molecule has 0 fully saturated rings. The summed E-state index contributed by atoms with van der Waals surface area (Å²) in [7, 11) is 3.19. The Hall–Kier alpha value is -4.45. The van der Waals surface area contributed by atoms with Gasteiger partial charge in [-0.25, -0.2) is 10.4 Å². The van der Waals surface area contributed by atoms with Crippen LogP contribution in [0.2, 0.25) is 0 Å². The van der Waals surface area contributed by atoms with Crippen LogP contribution in [0, 0.1) is 0 Å². The molecule has 0 atom stereocenters. The highest BCUT2D eigenvalue weighted by Gasteiger charge is 2.16. The van der Waals surface area contributed by atoms with E-state index in [2.05, 4.69) is 10.5 Å². The fourth-order valence-corrected chi connectivity index (χ4v) is 3.43. The van der Waals surface area contributed by atoms with Gasteiger partial charge >= 0.3 is 0 Å². The zero-order chi connectivity index (χ0) is 23.0. The summed E-state index contributed by atoms with van der Waals surface area (Å²) in [6, 6.07) is 24.5. The number of amides is 1. The molecule has 0 bridgehead atoms. The molecule has 1 aromatic heterocycles. The number of allylic oxidation sites excluding steroid dienone is 1. The van der Waals surface area contributed by atoms with E-state index < -0.39 is 0 Å². The van der Waals surface area contributed by atoms with Gasteiger partial charge in [0.1, 0.15) is 11.5 Å². The zero-order valence-electron chi connectivity index (χ0n) is 18.4. The van der Waals surface area contributed by atoms with Crippen molar-refractivity contribution in [3.05, 3.63) is 96.1 Å². The van der Waals surface area contributed by atoms with E-state index in [4.69, 9.17) is 14.5 Å². The smallest absolute Gasteiger partial charge is 0.272 e. The van der Waals surface area contributed by atoms with Gasteiger partial charge in [-0.3, -0.25) is 4.79 Å². The van der Waals surface area contributed by atoms with Gasteiger partial charge in [-0.1, -0.05) is 54.6 Å². The quantitative estimate of drug-likeness (QED) is 0.313. The molecule has 0 saturated carbocycles. The molecule has 0 spiro atoms. The third-order valence-corrected chi connectivity index (χ3v) is 5.06. The van der Waals surface area contributed by atoms with E-state index in [1.165, 1.54) is 0 Å². The molecule has 33 heavy (non-hydrogen) atoms. The molecule has 0 unspecified atom stereocenters. The number of nitrogens with zero attached hydrogens (tertiary/aromatic N) is 2. The van der Waals surface area contributed by atoms with Crippen molar-refractivity contribution in [3.8, 4) is 22.8 Å². The zero-order valence-corrected chi connectivity index (χ0v) is 18.4. The minimum atomic E-state index is -0.332. The summed E-state index contributed by atoms with van der Waals surface area (Å²) in [4.78, 5) is 17.8. The minimum Gasteiger partial charge on any atom is -0.497 e. The average Bonchev–Trinajstić information content (AvgIpc) is 2.87. The van der Waals surface area contributed by atoms with Gasteiger partial charge in [-0.05, 0) is 42.0 Å². The predicted octanol–water partition coefficient (Wildman–Crippen LogP) is 5.35. The number of carbonyl (C=O) groups is 1. The van der Waals surface area contributed by atoms with Gasteiger partial charge in [-0.15, -0.1) is 0 Å². The molecule has 0 aliphatic rings. The Labute approximate surface area is 192 Å². The number of carbonyl (C=O) groups excluding carboxylic acids is 1. The Morgan fingerprint density at radius 1 is 0.939 bits per heavy atom. The summed E-state index contributed by atoms with van der Waals surface area (Å²) in [5, 5.41) is 4.79.